The van der Waals surface area contributed by atoms with Gasteiger partial charge in [0.1, 0.15) is 23.3 Å². The van der Waals surface area contributed by atoms with Gasteiger partial charge in [0.05, 0.1) is 22.5 Å². The third kappa shape index (κ3) is 12.3. The molecule has 18 heteroatoms. The Hall–Kier alpha value is -6.46. The summed E-state index contributed by atoms with van der Waals surface area (Å²) in [5.74, 6) is -0.712. The molecule has 6 aromatic rings. The average Bonchev–Trinajstić information content (AvgIpc) is 3.23. The molecule has 0 unspecified atom stereocenters. The zero-order valence-corrected chi connectivity index (χ0v) is 35.4. The number of nitrogens with two attached hydrogens (primary N) is 2. The van der Waals surface area contributed by atoms with Crippen molar-refractivity contribution < 1.29 is 19.2 Å². The molecule has 14 nitrogen and oxygen atoms in total. The molecule has 2 aromatic heterocycles. The van der Waals surface area contributed by atoms with Crippen molar-refractivity contribution in [3.8, 4) is 0 Å². The molecule has 0 spiro atoms. The van der Waals surface area contributed by atoms with Crippen molar-refractivity contribution in [3.63, 3.8) is 0 Å². The van der Waals surface area contributed by atoms with Crippen LogP contribution in [0.1, 0.15) is 52.6 Å². The molecule has 2 heterocycles. The second-order valence-corrected chi connectivity index (χ2v) is 14.8. The first-order valence-corrected chi connectivity index (χ1v) is 19.4. The SMILES string of the molecule is CN=C(N)c1ccc(C(=O)Nc2ccc(Cl)cc2C(=O)Nc2ccc(Br)cn2)cc1.N=C(N)c1ccc(C(=O)Nc2ccc(Cl)cc2C(=O)Nc2ccc(Br)cn2)cc1. The quantitative estimate of drug-likeness (QED) is 0.0518. The lowest BCUT2D eigenvalue weighted by Gasteiger charge is -2.12. The molecular formula is C41H32Br2Cl2N10O4. The first kappa shape index (κ1) is 43.7. The molecule has 298 valence electrons. The van der Waals surface area contributed by atoms with E-state index in [9.17, 15) is 19.2 Å². The second kappa shape index (κ2) is 20.3. The number of nitrogens with zero attached hydrogens (tertiary/aromatic N) is 3. The topological polar surface area (TPSA) is 230 Å². The molecule has 4 aromatic carbocycles. The standard InChI is InChI=1S/C21H17BrClN5O2.C20H15BrClN5O2/c1-25-19(24)12-2-4-13(5-3-12)20(29)27-17-8-7-15(23)10-16(17)21(30)28-18-9-6-14(22)11-26-18;21-13-5-8-17(25-10-13)27-20(29)15-9-14(22)6-7-16(15)26-19(28)12-3-1-11(2-4-12)18(23)24/h2-11H,1H3,(H2,24,25)(H,27,29)(H,26,28,30);1-10H,(H3,23,24)(H,26,28)(H,25,27,29). The number of aromatic nitrogens is 2. The molecular weight excluding hydrogens is 927 g/mol. The summed E-state index contributed by atoms with van der Waals surface area (Å²) in [6.45, 7) is 0. The predicted octanol–water partition coefficient (Wildman–Crippen LogP) is 8.62. The number of halogens is 4. The van der Waals surface area contributed by atoms with Crippen molar-refractivity contribution in [1.29, 1.82) is 5.41 Å². The summed E-state index contributed by atoms with van der Waals surface area (Å²) in [5.41, 5.74) is 14.2. The Balaban J connectivity index is 0.000000224. The number of carbonyl (C=O) groups excluding carboxylic acids is 4. The minimum absolute atomic E-state index is 0.0878. The fourth-order valence-corrected chi connectivity index (χ4v) is 5.82. The first-order valence-electron chi connectivity index (χ1n) is 17.1. The van der Waals surface area contributed by atoms with E-state index in [1.807, 2.05) is 0 Å². The number of anilines is 4. The van der Waals surface area contributed by atoms with E-state index in [-0.39, 0.29) is 22.9 Å². The van der Waals surface area contributed by atoms with Crippen LogP contribution in [0.25, 0.3) is 0 Å². The van der Waals surface area contributed by atoms with Gasteiger partial charge in [0.15, 0.2) is 0 Å². The van der Waals surface area contributed by atoms with E-state index in [1.54, 1.807) is 117 Å². The smallest absolute Gasteiger partial charge is 0.258 e. The van der Waals surface area contributed by atoms with Gasteiger partial charge in [0, 0.05) is 60.7 Å². The molecule has 0 fully saturated rings. The van der Waals surface area contributed by atoms with Gasteiger partial charge < -0.3 is 32.7 Å². The number of amidine groups is 2. The third-order valence-electron chi connectivity index (χ3n) is 8.03. The van der Waals surface area contributed by atoms with Gasteiger partial charge in [-0.1, -0.05) is 47.5 Å². The highest BCUT2D eigenvalue weighted by atomic mass is 79.9. The number of hydrogen-bond acceptors (Lipinski definition) is 8. The van der Waals surface area contributed by atoms with Crippen molar-refractivity contribution in [3.05, 3.63) is 174 Å². The number of amides is 4. The van der Waals surface area contributed by atoms with Crippen molar-refractivity contribution in [2.75, 3.05) is 28.3 Å². The van der Waals surface area contributed by atoms with Crippen LogP contribution in [0.5, 0.6) is 0 Å². The van der Waals surface area contributed by atoms with Gasteiger partial charge in [-0.15, -0.1) is 0 Å². The van der Waals surface area contributed by atoms with Crippen molar-refractivity contribution in [1.82, 2.24) is 9.97 Å². The zero-order valence-electron chi connectivity index (χ0n) is 30.7. The summed E-state index contributed by atoms with van der Waals surface area (Å²) in [6, 6.07) is 28.9. The number of aliphatic imine (C=N–C) groups is 1. The highest BCUT2D eigenvalue weighted by Crippen LogP contribution is 2.25. The summed E-state index contributed by atoms with van der Waals surface area (Å²) in [7, 11) is 1.59. The van der Waals surface area contributed by atoms with Crippen molar-refractivity contribution in [2.24, 2.45) is 16.5 Å². The number of pyridine rings is 2. The van der Waals surface area contributed by atoms with E-state index in [0.29, 0.717) is 61.1 Å². The lowest BCUT2D eigenvalue weighted by atomic mass is 10.1. The lowest BCUT2D eigenvalue weighted by Crippen LogP contribution is -2.19. The fraction of sp³-hybridized carbons (Fsp3) is 0.0244. The summed E-state index contributed by atoms with van der Waals surface area (Å²) < 4.78 is 1.57. The summed E-state index contributed by atoms with van der Waals surface area (Å²) in [6.07, 6.45) is 3.12. The molecule has 6 rings (SSSR count). The largest absolute Gasteiger partial charge is 0.384 e. The number of hydrogen-bond donors (Lipinski definition) is 7. The number of nitrogens with one attached hydrogen (secondary N) is 5. The number of carbonyl (C=O) groups is 4. The van der Waals surface area contributed by atoms with Crippen LogP contribution in [0, 0.1) is 5.41 Å². The summed E-state index contributed by atoms with van der Waals surface area (Å²) in [5, 5.41) is 18.9. The predicted molar refractivity (Wildman–Crippen MR) is 239 cm³/mol. The summed E-state index contributed by atoms with van der Waals surface area (Å²) in [4.78, 5) is 62.8. The number of benzene rings is 4. The maximum absolute atomic E-state index is 12.7. The minimum atomic E-state index is -0.468. The van der Waals surface area contributed by atoms with Crippen molar-refractivity contribution >= 4 is 113 Å². The second-order valence-electron chi connectivity index (χ2n) is 12.1. The average molecular weight is 959 g/mol. The van der Waals surface area contributed by atoms with E-state index in [2.05, 4.69) is 68.1 Å². The normalized spacial score (nSPS) is 10.7. The molecule has 4 amide bonds. The van der Waals surface area contributed by atoms with Crippen LogP contribution < -0.4 is 32.7 Å². The van der Waals surface area contributed by atoms with E-state index in [1.165, 1.54) is 12.1 Å². The maximum Gasteiger partial charge on any atom is 0.258 e. The Kier molecular flexibility index (Phi) is 15.0. The third-order valence-corrected chi connectivity index (χ3v) is 9.44. The van der Waals surface area contributed by atoms with Gasteiger partial charge in [0.2, 0.25) is 0 Å². The Morgan fingerprint density at radius 3 is 1.31 bits per heavy atom. The van der Waals surface area contributed by atoms with Crippen LogP contribution in [-0.2, 0) is 0 Å². The van der Waals surface area contributed by atoms with E-state index in [0.717, 1.165) is 8.95 Å². The number of nitrogen functional groups attached to an aromatic ring is 1. The van der Waals surface area contributed by atoms with Gasteiger partial charge in [-0.05, 0) is 117 Å². The van der Waals surface area contributed by atoms with Crippen LogP contribution in [0.3, 0.4) is 0 Å². The maximum atomic E-state index is 12.7. The van der Waals surface area contributed by atoms with Gasteiger partial charge >= 0.3 is 0 Å². The molecule has 0 radical (unpaired) electrons. The molecule has 0 saturated carbocycles. The minimum Gasteiger partial charge on any atom is -0.384 e. The molecule has 0 bridgehead atoms. The van der Waals surface area contributed by atoms with Gasteiger partial charge in [-0.25, -0.2) is 9.97 Å². The van der Waals surface area contributed by atoms with Crippen molar-refractivity contribution in [2.45, 2.75) is 0 Å². The van der Waals surface area contributed by atoms with Crippen LogP contribution in [0.2, 0.25) is 10.0 Å². The Morgan fingerprint density at radius 1 is 0.559 bits per heavy atom. The monoisotopic (exact) mass is 956 g/mol. The van der Waals surface area contributed by atoms with Crippen LogP contribution >= 0.6 is 55.1 Å². The van der Waals surface area contributed by atoms with Gasteiger partial charge in [-0.3, -0.25) is 29.6 Å². The van der Waals surface area contributed by atoms with Gasteiger partial charge in [-0.2, -0.15) is 0 Å². The molecule has 0 saturated heterocycles. The highest BCUT2D eigenvalue weighted by Gasteiger charge is 2.18. The Bertz CT molecular complexity index is 2560. The Morgan fingerprint density at radius 2 is 0.949 bits per heavy atom. The number of rotatable bonds is 10. The van der Waals surface area contributed by atoms with E-state index < -0.39 is 17.7 Å². The van der Waals surface area contributed by atoms with E-state index >= 15 is 0 Å². The lowest BCUT2D eigenvalue weighted by molar-refractivity contribution is 0.101. The molecule has 0 aliphatic heterocycles. The fourth-order valence-electron chi connectivity index (χ4n) is 5.01. The Labute approximate surface area is 364 Å². The molecule has 0 aliphatic carbocycles. The highest BCUT2D eigenvalue weighted by molar-refractivity contribution is 9.10. The van der Waals surface area contributed by atoms with Crippen LogP contribution in [-0.4, -0.2) is 52.3 Å². The van der Waals surface area contributed by atoms with Gasteiger partial charge in [0.25, 0.3) is 23.6 Å². The molecule has 0 atom stereocenters. The zero-order chi connectivity index (χ0) is 42.6. The first-order chi connectivity index (χ1) is 28.2. The van der Waals surface area contributed by atoms with Crippen LogP contribution in [0.4, 0.5) is 23.0 Å². The molecule has 9 N–H and O–H groups in total. The summed E-state index contributed by atoms with van der Waals surface area (Å²) >= 11 is 18.7. The van der Waals surface area contributed by atoms with Crippen LogP contribution in [0.15, 0.2) is 136 Å². The molecule has 59 heavy (non-hydrogen) atoms. The molecule has 0 aliphatic rings. The van der Waals surface area contributed by atoms with E-state index in [4.69, 9.17) is 40.1 Å².